The van der Waals surface area contributed by atoms with Gasteiger partial charge in [0.05, 0.1) is 5.69 Å². The normalized spacial score (nSPS) is 11.3. The van der Waals surface area contributed by atoms with E-state index in [2.05, 4.69) is 21.5 Å². The average Bonchev–Trinajstić information content (AvgIpc) is 3.01. The standard InChI is InChI=1S/C14H16N4O/c1-15-6-5-12-11(8-18(2)17-12)10-3-4-13-14(7-10)19-9-16-13/h3-4,7-9,15H,5-6H2,1-2H3. The Balaban J connectivity index is 2.04. The number of aromatic nitrogens is 3. The molecule has 19 heavy (non-hydrogen) atoms. The number of nitrogens with zero attached hydrogens (tertiary/aromatic N) is 3. The third-order valence-corrected chi connectivity index (χ3v) is 3.16. The van der Waals surface area contributed by atoms with Gasteiger partial charge in [0.15, 0.2) is 12.0 Å². The Labute approximate surface area is 111 Å². The topological polar surface area (TPSA) is 55.9 Å². The highest BCUT2D eigenvalue weighted by Crippen LogP contribution is 2.26. The van der Waals surface area contributed by atoms with E-state index in [1.807, 2.05) is 37.1 Å². The van der Waals surface area contributed by atoms with E-state index in [0.29, 0.717) is 0 Å². The van der Waals surface area contributed by atoms with Gasteiger partial charge in [0.1, 0.15) is 5.52 Å². The van der Waals surface area contributed by atoms with Gasteiger partial charge in [-0.25, -0.2) is 4.98 Å². The van der Waals surface area contributed by atoms with Crippen LogP contribution < -0.4 is 5.32 Å². The summed E-state index contributed by atoms with van der Waals surface area (Å²) in [4.78, 5) is 4.13. The molecule has 5 nitrogen and oxygen atoms in total. The molecule has 0 fully saturated rings. The monoisotopic (exact) mass is 256 g/mol. The van der Waals surface area contributed by atoms with Gasteiger partial charge in [-0.05, 0) is 24.7 Å². The van der Waals surface area contributed by atoms with E-state index in [1.54, 1.807) is 0 Å². The Kier molecular flexibility index (Phi) is 3.05. The Morgan fingerprint density at radius 1 is 1.37 bits per heavy atom. The lowest BCUT2D eigenvalue weighted by Gasteiger charge is -2.02. The number of rotatable bonds is 4. The van der Waals surface area contributed by atoms with Crippen molar-refractivity contribution < 1.29 is 4.42 Å². The molecule has 2 aromatic heterocycles. The molecule has 0 unspecified atom stereocenters. The van der Waals surface area contributed by atoms with Crippen molar-refractivity contribution in [2.45, 2.75) is 6.42 Å². The van der Waals surface area contributed by atoms with Crippen molar-refractivity contribution >= 4 is 11.1 Å². The number of aryl methyl sites for hydroxylation is 1. The maximum atomic E-state index is 5.36. The Morgan fingerprint density at radius 2 is 2.26 bits per heavy atom. The van der Waals surface area contributed by atoms with Crippen LogP contribution in [0.4, 0.5) is 0 Å². The molecule has 0 spiro atoms. The Morgan fingerprint density at radius 3 is 3.11 bits per heavy atom. The molecule has 0 radical (unpaired) electrons. The maximum Gasteiger partial charge on any atom is 0.181 e. The first-order valence-electron chi connectivity index (χ1n) is 6.28. The van der Waals surface area contributed by atoms with Crippen molar-refractivity contribution in [2.24, 2.45) is 7.05 Å². The van der Waals surface area contributed by atoms with E-state index >= 15 is 0 Å². The summed E-state index contributed by atoms with van der Waals surface area (Å²) in [6.07, 6.45) is 4.42. The first-order valence-corrected chi connectivity index (χ1v) is 6.28. The summed E-state index contributed by atoms with van der Waals surface area (Å²) in [5.74, 6) is 0. The van der Waals surface area contributed by atoms with Crippen molar-refractivity contribution in [3.63, 3.8) is 0 Å². The van der Waals surface area contributed by atoms with Crippen LogP contribution in [-0.2, 0) is 13.5 Å². The minimum atomic E-state index is 0.806. The molecule has 98 valence electrons. The van der Waals surface area contributed by atoms with Crippen LogP contribution in [0.2, 0.25) is 0 Å². The molecule has 0 aliphatic heterocycles. The van der Waals surface area contributed by atoms with Gasteiger partial charge in [-0.2, -0.15) is 5.10 Å². The van der Waals surface area contributed by atoms with Gasteiger partial charge in [0.25, 0.3) is 0 Å². The molecular formula is C14H16N4O. The molecule has 3 aromatic rings. The maximum absolute atomic E-state index is 5.36. The summed E-state index contributed by atoms with van der Waals surface area (Å²) in [5.41, 5.74) is 5.04. The largest absolute Gasteiger partial charge is 0.443 e. The van der Waals surface area contributed by atoms with Crippen LogP contribution in [0.3, 0.4) is 0 Å². The number of nitrogens with one attached hydrogen (secondary N) is 1. The predicted octanol–water partition coefficient (Wildman–Crippen LogP) is 1.99. The van der Waals surface area contributed by atoms with Gasteiger partial charge in [0.2, 0.25) is 0 Å². The number of benzene rings is 1. The second kappa shape index (κ2) is 4.85. The molecule has 0 bridgehead atoms. The minimum absolute atomic E-state index is 0.806. The average molecular weight is 256 g/mol. The summed E-state index contributed by atoms with van der Waals surface area (Å²) in [6.45, 7) is 0.911. The lowest BCUT2D eigenvalue weighted by Crippen LogP contribution is -2.11. The van der Waals surface area contributed by atoms with Crippen molar-refractivity contribution in [3.05, 3.63) is 36.5 Å². The van der Waals surface area contributed by atoms with E-state index in [4.69, 9.17) is 4.42 Å². The van der Waals surface area contributed by atoms with Gasteiger partial charge in [0, 0.05) is 31.8 Å². The zero-order valence-electron chi connectivity index (χ0n) is 11.1. The Hall–Kier alpha value is -2.14. The van der Waals surface area contributed by atoms with Crippen LogP contribution in [-0.4, -0.2) is 28.4 Å². The van der Waals surface area contributed by atoms with Gasteiger partial charge in [-0.1, -0.05) is 6.07 Å². The third kappa shape index (κ3) is 2.24. The first kappa shape index (κ1) is 11.9. The van der Waals surface area contributed by atoms with E-state index in [9.17, 15) is 0 Å². The van der Waals surface area contributed by atoms with Crippen molar-refractivity contribution in [1.82, 2.24) is 20.1 Å². The molecule has 0 saturated heterocycles. The fourth-order valence-electron chi connectivity index (χ4n) is 2.23. The summed E-state index contributed by atoms with van der Waals surface area (Å²) in [7, 11) is 3.89. The third-order valence-electron chi connectivity index (χ3n) is 3.16. The molecule has 5 heteroatoms. The smallest absolute Gasteiger partial charge is 0.181 e. The summed E-state index contributed by atoms with van der Waals surface area (Å²) in [5, 5.41) is 7.67. The van der Waals surface area contributed by atoms with Gasteiger partial charge in [-0.3, -0.25) is 4.68 Å². The molecule has 0 aliphatic rings. The van der Waals surface area contributed by atoms with E-state index in [-0.39, 0.29) is 0 Å². The molecule has 0 aliphatic carbocycles. The van der Waals surface area contributed by atoms with E-state index in [1.165, 1.54) is 6.39 Å². The number of hydrogen-bond acceptors (Lipinski definition) is 4. The van der Waals surface area contributed by atoms with Crippen LogP contribution in [0.1, 0.15) is 5.69 Å². The quantitative estimate of drug-likeness (QED) is 0.775. The minimum Gasteiger partial charge on any atom is -0.443 e. The molecule has 0 atom stereocenters. The molecule has 0 amide bonds. The highest BCUT2D eigenvalue weighted by atomic mass is 16.3. The Bertz CT molecular complexity index is 698. The molecule has 0 saturated carbocycles. The summed E-state index contributed by atoms with van der Waals surface area (Å²) < 4.78 is 7.21. The lowest BCUT2D eigenvalue weighted by atomic mass is 10.0. The fourth-order valence-corrected chi connectivity index (χ4v) is 2.23. The zero-order chi connectivity index (χ0) is 13.2. The second-order valence-corrected chi connectivity index (χ2v) is 4.55. The molecule has 1 N–H and O–H groups in total. The number of fused-ring (bicyclic) bond motifs is 1. The highest BCUT2D eigenvalue weighted by Gasteiger charge is 2.11. The van der Waals surface area contributed by atoms with Crippen molar-refractivity contribution in [1.29, 1.82) is 0 Å². The van der Waals surface area contributed by atoms with Crippen LogP contribution in [0, 0.1) is 0 Å². The SMILES string of the molecule is CNCCc1nn(C)cc1-c1ccc2ncoc2c1. The first-order chi connectivity index (χ1) is 9.28. The molecule has 1 aromatic carbocycles. The van der Waals surface area contributed by atoms with E-state index < -0.39 is 0 Å². The fraction of sp³-hybridized carbons (Fsp3) is 0.286. The number of oxazole rings is 1. The molecular weight excluding hydrogens is 240 g/mol. The van der Waals surface area contributed by atoms with Crippen LogP contribution in [0.15, 0.2) is 35.2 Å². The summed E-state index contributed by atoms with van der Waals surface area (Å²) in [6, 6.07) is 6.05. The molecule has 2 heterocycles. The zero-order valence-corrected chi connectivity index (χ0v) is 11.1. The number of hydrogen-bond donors (Lipinski definition) is 1. The van der Waals surface area contributed by atoms with Gasteiger partial charge >= 0.3 is 0 Å². The second-order valence-electron chi connectivity index (χ2n) is 4.55. The molecule has 3 rings (SSSR count). The van der Waals surface area contributed by atoms with E-state index in [0.717, 1.165) is 40.9 Å². The predicted molar refractivity (Wildman–Crippen MR) is 73.8 cm³/mol. The summed E-state index contributed by atoms with van der Waals surface area (Å²) >= 11 is 0. The van der Waals surface area contributed by atoms with Crippen molar-refractivity contribution in [2.75, 3.05) is 13.6 Å². The van der Waals surface area contributed by atoms with Crippen LogP contribution in [0.5, 0.6) is 0 Å². The van der Waals surface area contributed by atoms with Gasteiger partial charge in [-0.15, -0.1) is 0 Å². The lowest BCUT2D eigenvalue weighted by molar-refractivity contribution is 0.602. The van der Waals surface area contributed by atoms with Crippen LogP contribution >= 0.6 is 0 Å². The van der Waals surface area contributed by atoms with Crippen LogP contribution in [0.25, 0.3) is 22.2 Å². The van der Waals surface area contributed by atoms with Gasteiger partial charge < -0.3 is 9.73 Å². The van der Waals surface area contributed by atoms with Crippen molar-refractivity contribution in [3.8, 4) is 11.1 Å². The highest BCUT2D eigenvalue weighted by molar-refractivity contribution is 5.80. The number of likely N-dealkylation sites (N-methyl/N-ethyl adjacent to an activating group) is 1.